The van der Waals surface area contributed by atoms with E-state index in [0.717, 1.165) is 41.9 Å². The number of rotatable bonds is 0. The van der Waals surface area contributed by atoms with Gasteiger partial charge in [0.25, 0.3) is 0 Å². The molecule has 0 aromatic heterocycles. The van der Waals surface area contributed by atoms with Crippen LogP contribution in [0.25, 0.3) is 0 Å². The van der Waals surface area contributed by atoms with Gasteiger partial charge in [0.15, 0.2) is 0 Å². The smallest absolute Gasteiger partial charge is 0.141 e. The van der Waals surface area contributed by atoms with Gasteiger partial charge in [0.05, 0.1) is 0 Å². The van der Waals surface area contributed by atoms with Crippen molar-refractivity contribution in [3.05, 3.63) is 0 Å². The predicted octanol–water partition coefficient (Wildman–Crippen LogP) is -10.7. The van der Waals surface area contributed by atoms with Crippen molar-refractivity contribution in [3.8, 4) is 0 Å². The largest absolute Gasteiger partial charge is 0.471 e. The molecular weight excluding hydrogens is 317 g/mol. The molecule has 0 radical (unpaired) electrons. The maximum absolute atomic E-state index is 7.14. The molecule has 0 bridgehead atoms. The molecule has 0 rings (SSSR count). The van der Waals surface area contributed by atoms with Gasteiger partial charge in [0, 0.05) is 0 Å². The van der Waals surface area contributed by atoms with Crippen molar-refractivity contribution in [1.82, 2.24) is 0 Å². The van der Waals surface area contributed by atoms with Crippen LogP contribution in [-0.4, -0.2) is 98.0 Å². The second kappa shape index (κ2) is 213. The lowest BCUT2D eigenvalue weighted by Crippen LogP contribution is -1.65. The molecular formula is CH30O5Si8. The van der Waals surface area contributed by atoms with Crippen LogP contribution in [0.4, 0.5) is 0 Å². The Morgan fingerprint density at radius 3 is 0.571 bits per heavy atom. The molecule has 0 fully saturated rings. The normalized spacial score (nSPS) is 6.00. The highest BCUT2D eigenvalue weighted by Gasteiger charge is 1.28. The Morgan fingerprint density at radius 2 is 0.571 bits per heavy atom. The van der Waals surface area contributed by atoms with Gasteiger partial charge in [-0.15, -0.1) is 0 Å². The Balaban J connectivity index is -0.0000000139. The first-order valence-electron chi connectivity index (χ1n) is 3.97. The van der Waals surface area contributed by atoms with Crippen LogP contribution in [0.1, 0.15) is 0 Å². The summed E-state index contributed by atoms with van der Waals surface area (Å²) < 4.78 is 9.06. The second-order valence-electron chi connectivity index (χ2n) is 0.816. The molecule has 0 aromatic rings. The van der Waals surface area contributed by atoms with E-state index >= 15 is 0 Å². The Bertz CT molecular complexity index is 19.7. The molecule has 0 amide bonds. The highest BCUT2D eigenvalue weighted by molar-refractivity contribution is 6.15. The van der Waals surface area contributed by atoms with Crippen LogP contribution in [0, 0.1) is 0 Å². The Hall–Kier alpha value is 1.54. The first-order chi connectivity index (χ1) is 6.83. The zero-order valence-electron chi connectivity index (χ0n) is 11.2. The Kier molecular flexibility index (Phi) is 549. The van der Waals surface area contributed by atoms with Crippen LogP contribution in [-0.2, 0) is 8.23 Å². The third-order valence-electron chi connectivity index (χ3n) is 0. The zero-order valence-corrected chi connectivity index (χ0v) is 27.2. The van der Waals surface area contributed by atoms with Gasteiger partial charge in [-0.2, -0.15) is 0 Å². The van der Waals surface area contributed by atoms with Crippen molar-refractivity contribution in [3.63, 3.8) is 0 Å². The highest BCUT2D eigenvalue weighted by Crippen LogP contribution is 1.20. The van der Waals surface area contributed by atoms with Gasteiger partial charge in [0.1, 0.15) is 73.4 Å². The van der Waals surface area contributed by atoms with Gasteiger partial charge in [-0.1, -0.05) is 6.55 Å². The van der Waals surface area contributed by atoms with Crippen LogP contribution in [0.3, 0.4) is 0 Å². The van der Waals surface area contributed by atoms with Gasteiger partial charge in [-0.05, 0) is 10.2 Å². The van der Waals surface area contributed by atoms with Crippen molar-refractivity contribution in [2.45, 2.75) is 6.55 Å². The molecule has 96 valence electrons. The summed E-state index contributed by atoms with van der Waals surface area (Å²) in [6.07, 6.45) is 0. The minimum Gasteiger partial charge on any atom is -0.471 e. The summed E-state index contributed by atoms with van der Waals surface area (Å²) in [4.78, 5) is 21.4. The summed E-state index contributed by atoms with van der Waals surface area (Å²) in [6, 6.07) is 0. The van der Waals surface area contributed by atoms with E-state index in [0.29, 0.717) is 31.5 Å². The first kappa shape index (κ1) is 36.1. The lowest BCUT2D eigenvalue weighted by atomic mass is 11.9. The molecule has 14 heavy (non-hydrogen) atoms. The van der Waals surface area contributed by atoms with E-state index in [1.807, 2.05) is 0 Å². The molecule has 0 saturated heterocycles. The number of hydrogen-bond acceptors (Lipinski definition) is 5. The highest BCUT2D eigenvalue weighted by atomic mass is 28.3. The summed E-state index contributed by atoms with van der Waals surface area (Å²) in [5, 5.41) is 0. The van der Waals surface area contributed by atoms with Crippen LogP contribution in [0.2, 0.25) is 6.55 Å². The van der Waals surface area contributed by atoms with Crippen molar-refractivity contribution in [2.75, 3.05) is 0 Å². The minimum atomic E-state index is 0.306. The number of hydrogen-bond donors (Lipinski definition) is 3. The van der Waals surface area contributed by atoms with Crippen LogP contribution in [0.15, 0.2) is 0 Å². The molecule has 0 aromatic carbocycles. The fraction of sp³-hybridized carbons (Fsp3) is 1.00. The van der Waals surface area contributed by atoms with Crippen molar-refractivity contribution < 1.29 is 22.6 Å². The summed E-state index contributed by atoms with van der Waals surface area (Å²) >= 11 is 0. The van der Waals surface area contributed by atoms with Crippen molar-refractivity contribution in [2.24, 2.45) is 0 Å². The van der Waals surface area contributed by atoms with Crippen LogP contribution in [0.5, 0.6) is 0 Å². The minimum absolute atomic E-state index is 0.306. The SMILES string of the molecule is C[SiH3].O[SiH3].O[SiH3].O[SiH3].[SiH3]O[SiH3].[SiH3]O[SiH3]. The van der Waals surface area contributed by atoms with Crippen LogP contribution >= 0.6 is 0 Å². The van der Waals surface area contributed by atoms with E-state index in [9.17, 15) is 0 Å². The first-order valence-corrected chi connectivity index (χ1v) is 11.9. The standard InChI is InChI=1S/CH6Si.2H6OSi2.3H4OSi/c1-2;2*2-1-3;3*1-2/h1-2H3;2*2-3H3;3*1H,2H3. The molecule has 0 saturated carbocycles. The third kappa shape index (κ3) is 903. The molecule has 3 N–H and O–H groups in total. The van der Waals surface area contributed by atoms with E-state index < -0.39 is 0 Å². The fourth-order valence-electron chi connectivity index (χ4n) is 0. The van der Waals surface area contributed by atoms with Gasteiger partial charge >= 0.3 is 0 Å². The lowest BCUT2D eigenvalue weighted by molar-refractivity contribution is 0.628. The summed E-state index contributed by atoms with van der Waals surface area (Å²) in [6.45, 7) is 2.14. The predicted molar refractivity (Wildman–Crippen MR) is 94.2 cm³/mol. The molecule has 0 aliphatic carbocycles. The van der Waals surface area contributed by atoms with E-state index in [4.69, 9.17) is 14.4 Å². The average molecular weight is 347 g/mol. The van der Waals surface area contributed by atoms with Gasteiger partial charge < -0.3 is 22.6 Å². The molecule has 0 heterocycles. The second-order valence-corrected chi connectivity index (χ2v) is 7.35. The lowest BCUT2D eigenvalue weighted by Gasteiger charge is -1.62. The Labute approximate surface area is 113 Å². The van der Waals surface area contributed by atoms with Crippen molar-refractivity contribution >= 4 is 83.6 Å². The van der Waals surface area contributed by atoms with E-state index in [2.05, 4.69) is 14.8 Å². The van der Waals surface area contributed by atoms with Gasteiger partial charge in [-0.3, -0.25) is 0 Å². The van der Waals surface area contributed by atoms with Gasteiger partial charge in [-0.25, -0.2) is 0 Å². The van der Waals surface area contributed by atoms with E-state index in [-0.39, 0.29) is 0 Å². The maximum atomic E-state index is 7.14. The van der Waals surface area contributed by atoms with E-state index in [1.54, 1.807) is 0 Å². The molecule has 0 aliphatic heterocycles. The quantitative estimate of drug-likeness (QED) is 0.380. The molecule has 5 nitrogen and oxygen atoms in total. The molecule has 0 aliphatic rings. The molecule has 0 unspecified atom stereocenters. The molecule has 13 heteroatoms. The zero-order chi connectivity index (χ0) is 13.4. The summed E-state index contributed by atoms with van der Waals surface area (Å²) in [5.74, 6) is 0. The topological polar surface area (TPSA) is 79.2 Å². The van der Waals surface area contributed by atoms with Gasteiger partial charge in [0.2, 0.25) is 0 Å². The van der Waals surface area contributed by atoms with Crippen LogP contribution < -0.4 is 0 Å². The molecule has 0 atom stereocenters. The van der Waals surface area contributed by atoms with E-state index in [1.165, 1.54) is 10.2 Å². The molecule has 0 spiro atoms. The summed E-state index contributed by atoms with van der Waals surface area (Å²) in [5.41, 5.74) is 0. The fourth-order valence-corrected chi connectivity index (χ4v) is 0. The monoisotopic (exact) mass is 346 g/mol. The van der Waals surface area contributed by atoms with Crippen molar-refractivity contribution in [1.29, 1.82) is 0 Å². The summed E-state index contributed by atoms with van der Waals surface area (Å²) in [7, 11) is 5.94. The third-order valence-corrected chi connectivity index (χ3v) is 0. The average Bonchev–Trinajstić information content (AvgIpc) is 2.31. The Morgan fingerprint density at radius 1 is 0.571 bits per heavy atom. The maximum Gasteiger partial charge on any atom is 0.141 e.